The Bertz CT molecular complexity index is 1230. The van der Waals surface area contributed by atoms with Gasteiger partial charge < -0.3 is 4.55 Å². The average Bonchev–Trinajstić information content (AvgIpc) is 3.22. The van der Waals surface area contributed by atoms with E-state index in [0.717, 1.165) is 24.6 Å². The van der Waals surface area contributed by atoms with Crippen LogP contribution in [0.2, 0.25) is 0 Å². The molecule has 194 valence electrons. The molecule has 10 heteroatoms. The van der Waals surface area contributed by atoms with E-state index in [-0.39, 0.29) is 46.6 Å². The molecule has 0 aliphatic rings. The summed E-state index contributed by atoms with van der Waals surface area (Å²) in [5, 5.41) is 2.39. The van der Waals surface area contributed by atoms with Crippen molar-refractivity contribution < 1.29 is 42.5 Å². The summed E-state index contributed by atoms with van der Waals surface area (Å²) < 4.78 is 38.3. The van der Waals surface area contributed by atoms with Crippen molar-refractivity contribution in [2.75, 3.05) is 0 Å². The standard InChI is InChI=1S/C26H40N4O3S2.Na/c1-2-3-4-5-6-7-8-9-10-11-12-13-14-15-20-23(35(31,32)33)25-27-22-19-17-16-18-21(22)24-28-26(34)29-30(24)25;/h16-19,23H,2-15,20H2,1H3,(H,29,34)(H,31,32,33);/q;+1/p-1. The molecular weight excluding hydrogens is 503 g/mol. The van der Waals surface area contributed by atoms with Gasteiger partial charge in [0.05, 0.1) is 5.52 Å². The smallest absolute Gasteiger partial charge is 0.747 e. The van der Waals surface area contributed by atoms with E-state index < -0.39 is 15.4 Å². The van der Waals surface area contributed by atoms with Crippen molar-refractivity contribution in [1.29, 1.82) is 0 Å². The van der Waals surface area contributed by atoms with Gasteiger partial charge in [0.1, 0.15) is 21.2 Å². The summed E-state index contributed by atoms with van der Waals surface area (Å²) >= 11 is 5.17. The van der Waals surface area contributed by atoms with Crippen molar-refractivity contribution in [1.82, 2.24) is 19.6 Å². The molecule has 0 aliphatic heterocycles. The maximum atomic E-state index is 12.2. The molecule has 0 radical (unpaired) electrons. The van der Waals surface area contributed by atoms with Crippen LogP contribution in [0.5, 0.6) is 0 Å². The Morgan fingerprint density at radius 1 is 0.889 bits per heavy atom. The van der Waals surface area contributed by atoms with Crippen molar-refractivity contribution in [2.45, 2.75) is 108 Å². The summed E-state index contributed by atoms with van der Waals surface area (Å²) in [6.45, 7) is 2.25. The maximum absolute atomic E-state index is 12.2. The molecule has 7 nitrogen and oxygen atoms in total. The van der Waals surface area contributed by atoms with Gasteiger partial charge in [-0.3, -0.25) is 5.10 Å². The van der Waals surface area contributed by atoms with E-state index in [1.807, 2.05) is 18.2 Å². The molecule has 0 fully saturated rings. The number of hydrogen-bond donors (Lipinski definition) is 1. The zero-order valence-corrected chi connectivity index (χ0v) is 25.5. The average molecular weight is 543 g/mol. The molecule has 1 N–H and O–H groups in total. The third kappa shape index (κ3) is 9.48. The van der Waals surface area contributed by atoms with Gasteiger partial charge in [-0.05, 0) is 30.8 Å². The number of fused-ring (bicyclic) bond motifs is 3. The number of aromatic nitrogens is 4. The van der Waals surface area contributed by atoms with Gasteiger partial charge in [-0.1, -0.05) is 109 Å². The van der Waals surface area contributed by atoms with E-state index in [2.05, 4.69) is 22.0 Å². The SMILES string of the molecule is CCCCCCCCCCCCCCCCC(c1nc2ccccc2c2nc(=S)[nH]n12)S(=O)(=O)[O-].[Na+]. The molecule has 0 bridgehead atoms. The van der Waals surface area contributed by atoms with Crippen LogP contribution in [0.1, 0.15) is 114 Å². The molecule has 0 aliphatic carbocycles. The molecule has 0 saturated carbocycles. The van der Waals surface area contributed by atoms with Crippen molar-refractivity contribution in [2.24, 2.45) is 0 Å². The first kappa shape index (κ1) is 31.4. The molecule has 3 aromatic rings. The van der Waals surface area contributed by atoms with E-state index in [0.29, 0.717) is 17.6 Å². The summed E-state index contributed by atoms with van der Waals surface area (Å²) in [7, 11) is -4.60. The van der Waals surface area contributed by atoms with Crippen LogP contribution in [0.4, 0.5) is 0 Å². The van der Waals surface area contributed by atoms with Gasteiger partial charge in [0.15, 0.2) is 5.65 Å². The molecule has 2 heterocycles. The maximum Gasteiger partial charge on any atom is 1.00 e. The second kappa shape index (κ2) is 16.2. The summed E-state index contributed by atoms with van der Waals surface area (Å²) in [5.74, 6) is 0.159. The fourth-order valence-corrected chi connectivity index (χ4v) is 5.79. The summed E-state index contributed by atoms with van der Waals surface area (Å²) in [4.78, 5) is 8.86. The molecule has 0 spiro atoms. The fraction of sp³-hybridized carbons (Fsp3) is 0.654. The molecular formula is C26H39N4NaO3S2. The monoisotopic (exact) mass is 542 g/mol. The Morgan fingerprint density at radius 3 is 1.97 bits per heavy atom. The number of nitrogens with one attached hydrogen (secondary N) is 1. The second-order valence-corrected chi connectivity index (χ2v) is 11.5. The van der Waals surface area contributed by atoms with Crippen molar-refractivity contribution in [3.63, 3.8) is 0 Å². The van der Waals surface area contributed by atoms with Crippen LogP contribution >= 0.6 is 12.2 Å². The fourth-order valence-electron chi connectivity index (χ4n) is 4.74. The number of rotatable bonds is 17. The Balaban J connectivity index is 0.00000456. The summed E-state index contributed by atoms with van der Waals surface area (Å²) in [6.07, 6.45) is 17.3. The predicted molar refractivity (Wildman–Crippen MR) is 143 cm³/mol. The Hall–Kier alpha value is -0.840. The van der Waals surface area contributed by atoms with E-state index in [9.17, 15) is 13.0 Å². The first-order valence-corrected chi connectivity index (χ1v) is 15.1. The first-order valence-electron chi connectivity index (χ1n) is 13.2. The molecule has 36 heavy (non-hydrogen) atoms. The molecule has 2 aromatic heterocycles. The zero-order valence-electron chi connectivity index (χ0n) is 21.9. The van der Waals surface area contributed by atoms with Gasteiger partial charge in [0.25, 0.3) is 0 Å². The Labute approximate surface area is 242 Å². The quantitative estimate of drug-likeness (QED) is 0.117. The number of unbranched alkanes of at least 4 members (excludes halogenated alkanes) is 13. The minimum atomic E-state index is -4.60. The minimum Gasteiger partial charge on any atom is -0.747 e. The predicted octanol–water partition coefficient (Wildman–Crippen LogP) is 4.40. The molecule has 1 atom stereocenters. The van der Waals surface area contributed by atoms with Crippen molar-refractivity contribution >= 4 is 38.9 Å². The zero-order chi connectivity index (χ0) is 25.1. The number of para-hydroxylation sites is 1. The van der Waals surface area contributed by atoms with Crippen LogP contribution in [-0.4, -0.2) is 32.6 Å². The molecule has 0 amide bonds. The largest absolute Gasteiger partial charge is 1.00 e. The molecule has 0 saturated heterocycles. The summed E-state index contributed by atoms with van der Waals surface area (Å²) in [6, 6.07) is 7.33. The molecule has 1 unspecified atom stereocenters. The number of nitrogens with zero attached hydrogens (tertiary/aromatic N) is 3. The van der Waals surface area contributed by atoms with E-state index in [1.54, 1.807) is 6.07 Å². The van der Waals surface area contributed by atoms with Crippen LogP contribution in [0, 0.1) is 4.77 Å². The third-order valence-electron chi connectivity index (χ3n) is 6.69. The number of aromatic amines is 1. The van der Waals surface area contributed by atoms with Gasteiger partial charge in [-0.2, -0.15) is 4.98 Å². The molecule has 3 rings (SSSR count). The second-order valence-electron chi connectivity index (χ2n) is 9.54. The van der Waals surface area contributed by atoms with Crippen LogP contribution in [-0.2, 0) is 10.1 Å². The Kier molecular flexibility index (Phi) is 14.1. The minimum absolute atomic E-state index is 0. The van der Waals surface area contributed by atoms with E-state index >= 15 is 0 Å². The van der Waals surface area contributed by atoms with Gasteiger partial charge >= 0.3 is 29.6 Å². The van der Waals surface area contributed by atoms with E-state index in [4.69, 9.17) is 12.2 Å². The molecule has 1 aromatic carbocycles. The Morgan fingerprint density at radius 2 is 1.42 bits per heavy atom. The van der Waals surface area contributed by atoms with Crippen LogP contribution in [0.25, 0.3) is 16.6 Å². The topological polar surface area (TPSA) is 103 Å². The number of benzene rings is 1. The van der Waals surface area contributed by atoms with Crippen LogP contribution in [0.15, 0.2) is 24.3 Å². The van der Waals surface area contributed by atoms with E-state index in [1.165, 1.54) is 68.7 Å². The van der Waals surface area contributed by atoms with Gasteiger partial charge in [-0.15, -0.1) is 0 Å². The number of hydrogen-bond acceptors (Lipinski definition) is 6. The normalized spacial score (nSPS) is 12.7. The number of H-pyrrole nitrogens is 1. The van der Waals surface area contributed by atoms with Crippen LogP contribution < -0.4 is 29.6 Å². The van der Waals surface area contributed by atoms with Crippen molar-refractivity contribution in [3.05, 3.63) is 34.9 Å². The first-order chi connectivity index (χ1) is 16.9. The van der Waals surface area contributed by atoms with Gasteiger partial charge in [-0.25, -0.2) is 17.9 Å². The third-order valence-corrected chi connectivity index (χ3v) is 8.02. The van der Waals surface area contributed by atoms with Gasteiger partial charge in [0, 0.05) is 5.39 Å². The summed E-state index contributed by atoms with van der Waals surface area (Å²) in [5.41, 5.74) is 1.09. The van der Waals surface area contributed by atoms with Crippen molar-refractivity contribution in [3.8, 4) is 0 Å². The van der Waals surface area contributed by atoms with Crippen LogP contribution in [0.3, 0.4) is 0 Å². The van der Waals surface area contributed by atoms with Gasteiger partial charge in [0.2, 0.25) is 4.77 Å².